The largest absolute Gasteiger partial charge is 0.542 e. The van der Waals surface area contributed by atoms with Gasteiger partial charge in [-0.25, -0.2) is 0 Å². The minimum Gasteiger partial charge on any atom is -0.542 e. The molecule has 0 atom stereocenters. The molecule has 0 aliphatic rings. The van der Waals surface area contributed by atoms with Gasteiger partial charge in [-0.2, -0.15) is 0 Å². The lowest BCUT2D eigenvalue weighted by Gasteiger charge is -2.36. The van der Waals surface area contributed by atoms with Crippen molar-refractivity contribution >= 4 is 44.1 Å². The Morgan fingerprint density at radius 3 is 1.85 bits per heavy atom. The summed E-state index contributed by atoms with van der Waals surface area (Å²) in [6.07, 6.45) is 1.45. The number of halogens is 2. The number of phenolic OH excluding ortho intramolecular Hbond substituents is 1. The molecule has 0 fully saturated rings. The molecule has 0 heterocycles. The van der Waals surface area contributed by atoms with Crippen LogP contribution in [0.4, 0.5) is 0 Å². The highest BCUT2D eigenvalue weighted by Crippen LogP contribution is 2.39. The predicted octanol–water partition coefficient (Wildman–Crippen LogP) is 6.39. The van der Waals surface area contributed by atoms with Crippen molar-refractivity contribution in [1.82, 2.24) is 0 Å². The van der Waals surface area contributed by atoms with E-state index in [-0.39, 0.29) is 15.8 Å². The Morgan fingerprint density at radius 2 is 1.41 bits per heavy atom. The van der Waals surface area contributed by atoms with Gasteiger partial charge in [-0.3, -0.25) is 9.59 Å². The standard InChI is InChI=1S/C13H19ClO2Si.C7H5ClO2/c1-13(2,3)17(4,5)16-12-8-10(9-15)6-7-11(12)14;8-6-2-1-5(4-9)3-7(6)10/h6-9H,1-5H3;1-4,10H. The fourth-order valence-electron chi connectivity index (χ4n) is 1.70. The van der Waals surface area contributed by atoms with Gasteiger partial charge in [0.1, 0.15) is 24.1 Å². The Kier molecular flexibility index (Phi) is 8.08. The highest BCUT2D eigenvalue weighted by molar-refractivity contribution is 6.74. The second-order valence-electron chi connectivity index (χ2n) is 7.50. The van der Waals surface area contributed by atoms with Crippen molar-refractivity contribution in [3.05, 3.63) is 57.6 Å². The highest BCUT2D eigenvalue weighted by Gasteiger charge is 2.39. The Hall–Kier alpha value is -1.82. The first-order chi connectivity index (χ1) is 12.4. The average Bonchev–Trinajstić information content (AvgIpc) is 2.58. The summed E-state index contributed by atoms with van der Waals surface area (Å²) in [5.74, 6) is 0.550. The molecule has 2 aromatic rings. The molecule has 146 valence electrons. The van der Waals surface area contributed by atoms with E-state index in [2.05, 4.69) is 33.9 Å². The summed E-state index contributed by atoms with van der Waals surface area (Å²) >= 11 is 11.6. The van der Waals surface area contributed by atoms with Crippen LogP contribution in [0.25, 0.3) is 0 Å². The summed E-state index contributed by atoms with van der Waals surface area (Å²) in [5, 5.41) is 9.86. The van der Waals surface area contributed by atoms with Gasteiger partial charge >= 0.3 is 0 Å². The molecule has 0 saturated heterocycles. The minimum atomic E-state index is -1.91. The zero-order chi connectivity index (χ0) is 20.8. The lowest BCUT2D eigenvalue weighted by molar-refractivity contribution is 0.111. The van der Waals surface area contributed by atoms with Crippen molar-refractivity contribution in [2.75, 3.05) is 0 Å². The molecule has 0 amide bonds. The lowest BCUT2D eigenvalue weighted by Crippen LogP contribution is -2.43. The van der Waals surface area contributed by atoms with E-state index in [1.807, 2.05) is 0 Å². The third-order valence-corrected chi connectivity index (χ3v) is 9.34. The minimum absolute atomic E-state index is 0.0636. The van der Waals surface area contributed by atoms with E-state index in [4.69, 9.17) is 32.7 Å². The second-order valence-corrected chi connectivity index (χ2v) is 13.0. The predicted molar refractivity (Wildman–Crippen MR) is 113 cm³/mol. The van der Waals surface area contributed by atoms with Crippen LogP contribution in [0.1, 0.15) is 41.5 Å². The van der Waals surface area contributed by atoms with E-state index in [9.17, 15) is 9.59 Å². The van der Waals surface area contributed by atoms with Crippen LogP contribution in [-0.2, 0) is 0 Å². The first kappa shape index (κ1) is 23.2. The number of hydrogen-bond acceptors (Lipinski definition) is 4. The molecule has 7 heteroatoms. The topological polar surface area (TPSA) is 63.6 Å². The zero-order valence-corrected chi connectivity index (χ0v) is 18.6. The lowest BCUT2D eigenvalue weighted by atomic mass is 10.2. The van der Waals surface area contributed by atoms with Crippen LogP contribution in [0.5, 0.6) is 11.5 Å². The number of aldehydes is 2. The monoisotopic (exact) mass is 426 g/mol. The fraction of sp³-hybridized carbons (Fsp3) is 0.300. The number of rotatable bonds is 4. The van der Waals surface area contributed by atoms with Gasteiger partial charge in [0.25, 0.3) is 8.32 Å². The average molecular weight is 427 g/mol. The smallest absolute Gasteiger partial charge is 0.250 e. The van der Waals surface area contributed by atoms with Crippen LogP contribution < -0.4 is 4.43 Å². The number of carbonyl (C=O) groups excluding carboxylic acids is 2. The molecule has 0 radical (unpaired) electrons. The van der Waals surface area contributed by atoms with Crippen LogP contribution >= 0.6 is 23.2 Å². The highest BCUT2D eigenvalue weighted by atomic mass is 35.5. The normalized spacial score (nSPS) is 11.2. The first-order valence-electron chi connectivity index (χ1n) is 8.28. The zero-order valence-electron chi connectivity index (χ0n) is 16.0. The van der Waals surface area contributed by atoms with Gasteiger partial charge in [0.2, 0.25) is 0 Å². The number of aromatic hydroxyl groups is 1. The van der Waals surface area contributed by atoms with Crippen LogP contribution in [0.15, 0.2) is 36.4 Å². The van der Waals surface area contributed by atoms with Gasteiger partial charge in [0.15, 0.2) is 0 Å². The van der Waals surface area contributed by atoms with E-state index in [1.54, 1.807) is 18.2 Å². The molecule has 2 aromatic carbocycles. The molecular formula is C20H24Cl2O4Si. The van der Waals surface area contributed by atoms with Gasteiger partial charge < -0.3 is 9.53 Å². The van der Waals surface area contributed by atoms with E-state index in [1.165, 1.54) is 18.2 Å². The summed E-state index contributed by atoms with van der Waals surface area (Å²) in [4.78, 5) is 20.9. The number of hydrogen-bond donors (Lipinski definition) is 1. The summed E-state index contributed by atoms with van der Waals surface area (Å²) in [6.45, 7) is 10.8. The van der Waals surface area contributed by atoms with Crippen LogP contribution in [0.3, 0.4) is 0 Å². The van der Waals surface area contributed by atoms with Crippen LogP contribution in [0, 0.1) is 0 Å². The molecule has 1 N–H and O–H groups in total. The third-order valence-electron chi connectivity index (χ3n) is 4.37. The third kappa shape index (κ3) is 6.68. The molecule has 0 aliphatic carbocycles. The number of phenols is 1. The Bertz CT molecular complexity index is 814. The Labute approximate surface area is 171 Å². The number of carbonyl (C=O) groups is 2. The van der Waals surface area contributed by atoms with Crippen LogP contribution in [0.2, 0.25) is 28.2 Å². The molecule has 0 saturated carbocycles. The van der Waals surface area contributed by atoms with Gasteiger partial charge in [-0.05, 0) is 54.5 Å². The quantitative estimate of drug-likeness (QED) is 0.453. The van der Waals surface area contributed by atoms with Crippen molar-refractivity contribution in [2.24, 2.45) is 0 Å². The molecule has 2 rings (SSSR count). The maximum absolute atomic E-state index is 10.7. The molecule has 4 nitrogen and oxygen atoms in total. The van der Waals surface area contributed by atoms with E-state index >= 15 is 0 Å². The molecule has 0 spiro atoms. The van der Waals surface area contributed by atoms with Crippen molar-refractivity contribution in [3.63, 3.8) is 0 Å². The van der Waals surface area contributed by atoms with Gasteiger partial charge in [-0.15, -0.1) is 0 Å². The van der Waals surface area contributed by atoms with Crippen LogP contribution in [-0.4, -0.2) is 26.0 Å². The molecule has 0 aromatic heterocycles. The Morgan fingerprint density at radius 1 is 0.926 bits per heavy atom. The molecular weight excluding hydrogens is 403 g/mol. The van der Waals surface area contributed by atoms with Crippen molar-refractivity contribution in [1.29, 1.82) is 0 Å². The van der Waals surface area contributed by atoms with Gasteiger partial charge in [-0.1, -0.05) is 44.0 Å². The maximum atomic E-state index is 10.7. The van der Waals surface area contributed by atoms with Gasteiger partial charge in [0, 0.05) is 11.1 Å². The summed E-state index contributed by atoms with van der Waals surface area (Å²) in [7, 11) is -1.91. The van der Waals surface area contributed by atoms with Gasteiger partial charge in [0.05, 0.1) is 10.0 Å². The molecule has 27 heavy (non-hydrogen) atoms. The fourth-order valence-corrected chi connectivity index (χ4v) is 3.07. The van der Waals surface area contributed by atoms with Crippen molar-refractivity contribution in [3.8, 4) is 11.5 Å². The van der Waals surface area contributed by atoms with E-state index in [0.29, 0.717) is 28.2 Å². The summed E-state index contributed by atoms with van der Waals surface area (Å²) < 4.78 is 6.09. The Balaban J connectivity index is 0.000000309. The summed E-state index contributed by atoms with van der Waals surface area (Å²) in [6, 6.07) is 9.42. The first-order valence-corrected chi connectivity index (χ1v) is 11.9. The molecule has 0 aliphatic heterocycles. The summed E-state index contributed by atoms with van der Waals surface area (Å²) in [5.41, 5.74) is 1.00. The number of benzene rings is 2. The maximum Gasteiger partial charge on any atom is 0.250 e. The molecule has 0 unspecified atom stereocenters. The molecule has 0 bridgehead atoms. The van der Waals surface area contributed by atoms with Crippen molar-refractivity contribution < 1.29 is 19.1 Å². The van der Waals surface area contributed by atoms with Crippen molar-refractivity contribution in [2.45, 2.75) is 38.9 Å². The SMILES string of the molecule is CC(C)(C)[Si](C)(C)Oc1cc(C=O)ccc1Cl.O=Cc1ccc(Cl)c(O)c1. The van der Waals surface area contributed by atoms with E-state index < -0.39 is 8.32 Å². The second kappa shape index (κ2) is 9.40. The van der Waals surface area contributed by atoms with E-state index in [0.717, 1.165) is 6.29 Å².